The van der Waals surface area contributed by atoms with Crippen molar-refractivity contribution in [2.24, 2.45) is 5.92 Å². The number of benzene rings is 1. The summed E-state index contributed by atoms with van der Waals surface area (Å²) in [5, 5.41) is 3.20. The highest BCUT2D eigenvalue weighted by Gasteiger charge is 2.34. The Bertz CT molecular complexity index is 1140. The second-order valence-corrected chi connectivity index (χ2v) is 9.07. The molecule has 2 amide bonds. The lowest BCUT2D eigenvalue weighted by Gasteiger charge is -2.38. The van der Waals surface area contributed by atoms with E-state index in [1.807, 2.05) is 25.1 Å². The van der Waals surface area contributed by atoms with Crippen LogP contribution < -0.4 is 16.8 Å². The number of thiazole rings is 1. The second-order valence-electron chi connectivity index (χ2n) is 8.01. The molecule has 3 aromatic rings. The van der Waals surface area contributed by atoms with E-state index >= 15 is 0 Å². The number of carbonyl (C=O) groups excluding carboxylic acids is 2. The first-order valence-electron chi connectivity index (χ1n) is 10.4. The first-order chi connectivity index (χ1) is 14.9. The highest BCUT2D eigenvalue weighted by Crippen LogP contribution is 2.36. The minimum Gasteiger partial charge on any atom is -0.383 e. The number of rotatable bonds is 3. The molecule has 3 heterocycles. The number of nitrogen functional groups attached to an aromatic ring is 2. The number of nitrogens with one attached hydrogen (secondary N) is 1. The van der Waals surface area contributed by atoms with Gasteiger partial charge in [-0.1, -0.05) is 31.3 Å². The topological polar surface area (TPSA) is 127 Å². The molecule has 2 atom stereocenters. The average Bonchev–Trinajstić information content (AvgIpc) is 3.13. The molecule has 31 heavy (non-hydrogen) atoms. The number of pyridine rings is 1. The zero-order valence-electron chi connectivity index (χ0n) is 17.6. The Morgan fingerprint density at radius 1 is 1.26 bits per heavy atom. The molecule has 1 aromatic carbocycles. The van der Waals surface area contributed by atoms with Gasteiger partial charge in [-0.05, 0) is 54.5 Å². The fraction of sp³-hybridized carbons (Fsp3) is 0.364. The van der Waals surface area contributed by atoms with Crippen molar-refractivity contribution in [2.75, 3.05) is 23.3 Å². The third-order valence-electron chi connectivity index (χ3n) is 5.73. The van der Waals surface area contributed by atoms with Gasteiger partial charge in [-0.15, -0.1) is 0 Å². The van der Waals surface area contributed by atoms with Crippen molar-refractivity contribution in [2.45, 2.75) is 39.2 Å². The SMILES string of the molecule is CCc1cc(NC(=O)C(=O)N2CC(C)CCC2c2ccc3sc(N)nc3c2)cnc1N. The van der Waals surface area contributed by atoms with Gasteiger partial charge in [-0.3, -0.25) is 9.59 Å². The van der Waals surface area contributed by atoms with E-state index in [4.69, 9.17) is 11.5 Å². The molecule has 1 fully saturated rings. The third kappa shape index (κ3) is 4.32. The van der Waals surface area contributed by atoms with E-state index < -0.39 is 11.8 Å². The number of fused-ring (bicyclic) bond motifs is 1. The highest BCUT2D eigenvalue weighted by atomic mass is 32.1. The molecule has 1 saturated heterocycles. The van der Waals surface area contributed by atoms with Gasteiger partial charge in [-0.25, -0.2) is 9.97 Å². The van der Waals surface area contributed by atoms with E-state index in [1.54, 1.807) is 11.0 Å². The maximum absolute atomic E-state index is 13.2. The van der Waals surface area contributed by atoms with Gasteiger partial charge in [0.1, 0.15) is 5.82 Å². The highest BCUT2D eigenvalue weighted by molar-refractivity contribution is 7.22. The van der Waals surface area contributed by atoms with Crippen LogP contribution in [0.25, 0.3) is 10.2 Å². The van der Waals surface area contributed by atoms with Crippen molar-refractivity contribution in [3.8, 4) is 0 Å². The van der Waals surface area contributed by atoms with Gasteiger partial charge in [0.2, 0.25) is 0 Å². The molecule has 1 aliphatic rings. The number of aromatic nitrogens is 2. The summed E-state index contributed by atoms with van der Waals surface area (Å²) in [5.74, 6) is -0.484. The maximum atomic E-state index is 13.2. The second kappa shape index (κ2) is 8.50. The Morgan fingerprint density at radius 2 is 2.06 bits per heavy atom. The molecule has 2 unspecified atom stereocenters. The Morgan fingerprint density at radius 3 is 2.84 bits per heavy atom. The van der Waals surface area contributed by atoms with Gasteiger partial charge in [0.05, 0.1) is 28.1 Å². The van der Waals surface area contributed by atoms with Crippen molar-refractivity contribution in [1.82, 2.24) is 14.9 Å². The molecule has 0 radical (unpaired) electrons. The minimum absolute atomic E-state index is 0.183. The summed E-state index contributed by atoms with van der Waals surface area (Å²) in [7, 11) is 0. The van der Waals surface area contributed by atoms with Crippen LogP contribution in [0.4, 0.5) is 16.6 Å². The lowest BCUT2D eigenvalue weighted by atomic mass is 9.89. The average molecular weight is 439 g/mol. The van der Waals surface area contributed by atoms with Crippen LogP contribution in [0.3, 0.4) is 0 Å². The predicted octanol–water partition coefficient (Wildman–Crippen LogP) is 3.36. The van der Waals surface area contributed by atoms with Crippen molar-refractivity contribution in [1.29, 1.82) is 0 Å². The van der Waals surface area contributed by atoms with Crippen molar-refractivity contribution in [3.05, 3.63) is 41.6 Å². The molecular weight excluding hydrogens is 412 g/mol. The van der Waals surface area contributed by atoms with Gasteiger partial charge in [0, 0.05) is 6.54 Å². The molecule has 0 saturated carbocycles. The van der Waals surface area contributed by atoms with Crippen LogP contribution in [0.15, 0.2) is 30.5 Å². The first kappa shape index (κ1) is 21.0. The Balaban J connectivity index is 1.57. The summed E-state index contributed by atoms with van der Waals surface area (Å²) in [6.07, 6.45) is 3.92. The largest absolute Gasteiger partial charge is 0.383 e. The molecule has 8 nitrogen and oxygen atoms in total. The smallest absolute Gasteiger partial charge is 0.313 e. The van der Waals surface area contributed by atoms with Gasteiger partial charge < -0.3 is 21.7 Å². The quantitative estimate of drug-likeness (QED) is 0.538. The Labute approximate surface area is 184 Å². The number of piperidine rings is 1. The summed E-state index contributed by atoms with van der Waals surface area (Å²) in [6.45, 7) is 4.57. The number of carbonyl (C=O) groups is 2. The number of anilines is 3. The number of aryl methyl sites for hydroxylation is 1. The van der Waals surface area contributed by atoms with Gasteiger partial charge >= 0.3 is 11.8 Å². The number of hydrogen-bond donors (Lipinski definition) is 3. The molecule has 4 rings (SSSR count). The van der Waals surface area contributed by atoms with Crippen LogP contribution in [0.2, 0.25) is 0 Å². The fourth-order valence-electron chi connectivity index (χ4n) is 4.08. The van der Waals surface area contributed by atoms with Crippen LogP contribution in [0, 0.1) is 5.92 Å². The summed E-state index contributed by atoms with van der Waals surface area (Å²) in [5.41, 5.74) is 14.7. The van der Waals surface area contributed by atoms with E-state index in [0.29, 0.717) is 35.5 Å². The molecule has 0 aliphatic carbocycles. The van der Waals surface area contributed by atoms with Crippen LogP contribution in [-0.2, 0) is 16.0 Å². The molecule has 5 N–H and O–H groups in total. The molecule has 0 spiro atoms. The van der Waals surface area contributed by atoms with E-state index in [0.717, 1.165) is 34.2 Å². The summed E-state index contributed by atoms with van der Waals surface area (Å²) in [4.78, 5) is 36.1. The molecule has 0 bridgehead atoms. The zero-order chi connectivity index (χ0) is 22.1. The van der Waals surface area contributed by atoms with Crippen molar-refractivity contribution < 1.29 is 9.59 Å². The standard InChI is InChI=1S/C22H26N6O2S/c1-3-13-8-15(10-25-19(13)23)26-20(29)21(30)28-11-12(2)4-6-17(28)14-5-7-18-16(9-14)27-22(24)31-18/h5,7-10,12,17H,3-4,6,11H2,1-2H3,(H2,23,25)(H2,24,27)(H,26,29). The monoisotopic (exact) mass is 438 g/mol. The van der Waals surface area contributed by atoms with E-state index in [1.165, 1.54) is 17.5 Å². The van der Waals surface area contributed by atoms with Crippen LogP contribution in [0.1, 0.15) is 43.9 Å². The van der Waals surface area contributed by atoms with Gasteiger partial charge in [0.25, 0.3) is 0 Å². The number of hydrogen-bond acceptors (Lipinski definition) is 7. The van der Waals surface area contributed by atoms with Crippen molar-refractivity contribution in [3.63, 3.8) is 0 Å². The number of likely N-dealkylation sites (tertiary alicyclic amines) is 1. The third-order valence-corrected chi connectivity index (χ3v) is 6.59. The van der Waals surface area contributed by atoms with E-state index in [9.17, 15) is 9.59 Å². The Kier molecular flexibility index (Phi) is 5.77. The number of amides is 2. The van der Waals surface area contributed by atoms with Crippen molar-refractivity contribution >= 4 is 50.0 Å². The molecule has 162 valence electrons. The van der Waals surface area contributed by atoms with Crippen LogP contribution in [0.5, 0.6) is 0 Å². The van der Waals surface area contributed by atoms with Crippen LogP contribution in [-0.4, -0.2) is 33.2 Å². The minimum atomic E-state index is -0.674. The zero-order valence-corrected chi connectivity index (χ0v) is 18.4. The summed E-state index contributed by atoms with van der Waals surface area (Å²) >= 11 is 1.43. The molecular formula is C22H26N6O2S. The van der Waals surface area contributed by atoms with E-state index in [-0.39, 0.29) is 6.04 Å². The maximum Gasteiger partial charge on any atom is 0.313 e. The normalized spacial score (nSPS) is 18.8. The lowest BCUT2D eigenvalue weighted by molar-refractivity contribution is -0.146. The molecule has 2 aromatic heterocycles. The van der Waals surface area contributed by atoms with Gasteiger partial charge in [-0.2, -0.15) is 0 Å². The fourth-order valence-corrected chi connectivity index (χ4v) is 4.80. The Hall–Kier alpha value is -3.20. The number of nitrogens with zero attached hydrogens (tertiary/aromatic N) is 3. The number of nitrogens with two attached hydrogens (primary N) is 2. The molecule has 1 aliphatic heterocycles. The predicted molar refractivity (Wildman–Crippen MR) is 124 cm³/mol. The summed E-state index contributed by atoms with van der Waals surface area (Å²) < 4.78 is 1.00. The lowest BCUT2D eigenvalue weighted by Crippen LogP contribution is -2.46. The molecule has 9 heteroatoms. The van der Waals surface area contributed by atoms with Crippen LogP contribution >= 0.6 is 11.3 Å². The van der Waals surface area contributed by atoms with E-state index in [2.05, 4.69) is 22.2 Å². The first-order valence-corrected chi connectivity index (χ1v) is 11.2. The van der Waals surface area contributed by atoms with Gasteiger partial charge in [0.15, 0.2) is 5.13 Å². The summed E-state index contributed by atoms with van der Waals surface area (Å²) in [6, 6.07) is 7.52.